The predicted molar refractivity (Wildman–Crippen MR) is 125 cm³/mol. The maximum Gasteiger partial charge on any atom is 0.293 e. The zero-order valence-electron chi connectivity index (χ0n) is 18.3. The van der Waals surface area contributed by atoms with Gasteiger partial charge in [0.25, 0.3) is 5.91 Å². The van der Waals surface area contributed by atoms with Crippen LogP contribution in [0, 0.1) is 18.3 Å². The van der Waals surface area contributed by atoms with Crippen molar-refractivity contribution < 1.29 is 9.42 Å². The first-order valence-corrected chi connectivity index (χ1v) is 11.0. The van der Waals surface area contributed by atoms with E-state index in [2.05, 4.69) is 41.9 Å². The molecule has 0 spiro atoms. The molecule has 170 valence electrons. The van der Waals surface area contributed by atoms with Crippen LogP contribution in [0.25, 0.3) is 5.82 Å². The standard InChI is InChI=1S/C22H19N9O2S/c1-13-3-9-17(10-4-13)34-12-18-19(26-30-31(18)21-20(24)28-33-29-21)22(32)27-25-14(2)16-7-5-15(11-23)6-8-16/h3-10H,12H2,1-2H3,(H2,24,28)(H,27,32)/b25-14+. The zero-order valence-corrected chi connectivity index (χ0v) is 19.1. The highest BCUT2D eigenvalue weighted by molar-refractivity contribution is 7.98. The molecule has 11 nitrogen and oxygen atoms in total. The van der Waals surface area contributed by atoms with E-state index in [1.54, 1.807) is 31.2 Å². The molecule has 12 heteroatoms. The Morgan fingerprint density at radius 2 is 1.94 bits per heavy atom. The summed E-state index contributed by atoms with van der Waals surface area (Å²) < 4.78 is 6.01. The molecular formula is C22H19N9O2S. The van der Waals surface area contributed by atoms with Gasteiger partial charge in [-0.3, -0.25) is 4.79 Å². The number of thioether (sulfide) groups is 1. The van der Waals surface area contributed by atoms with Crippen LogP contribution in [0.15, 0.2) is 63.2 Å². The van der Waals surface area contributed by atoms with Crippen molar-refractivity contribution in [3.63, 3.8) is 0 Å². The molecule has 0 bridgehead atoms. The van der Waals surface area contributed by atoms with Crippen molar-refractivity contribution in [3.05, 3.63) is 76.6 Å². The summed E-state index contributed by atoms with van der Waals surface area (Å²) in [4.78, 5) is 14.0. The summed E-state index contributed by atoms with van der Waals surface area (Å²) >= 11 is 1.50. The van der Waals surface area contributed by atoms with E-state index < -0.39 is 5.91 Å². The van der Waals surface area contributed by atoms with Crippen LogP contribution in [-0.2, 0) is 5.75 Å². The fraction of sp³-hybridized carbons (Fsp3) is 0.136. The van der Waals surface area contributed by atoms with E-state index >= 15 is 0 Å². The lowest BCUT2D eigenvalue weighted by Crippen LogP contribution is -2.21. The van der Waals surface area contributed by atoms with Crippen LogP contribution < -0.4 is 11.2 Å². The molecule has 0 saturated carbocycles. The minimum absolute atomic E-state index is 0.0214. The first-order chi connectivity index (χ1) is 16.5. The Balaban J connectivity index is 1.59. The summed E-state index contributed by atoms with van der Waals surface area (Å²) in [5, 5.41) is 28.5. The number of hydrogen-bond donors (Lipinski definition) is 2. The van der Waals surface area contributed by atoms with Gasteiger partial charge in [-0.1, -0.05) is 35.0 Å². The number of nitrogen functional groups attached to an aromatic ring is 1. The van der Waals surface area contributed by atoms with Crippen LogP contribution >= 0.6 is 11.8 Å². The van der Waals surface area contributed by atoms with Crippen molar-refractivity contribution in [2.45, 2.75) is 24.5 Å². The van der Waals surface area contributed by atoms with Gasteiger partial charge in [0.2, 0.25) is 11.6 Å². The van der Waals surface area contributed by atoms with E-state index in [0.29, 0.717) is 22.7 Å². The summed E-state index contributed by atoms with van der Waals surface area (Å²) in [5.74, 6) is -0.0334. The lowest BCUT2D eigenvalue weighted by atomic mass is 10.1. The molecule has 2 aromatic carbocycles. The second-order valence-corrected chi connectivity index (χ2v) is 8.25. The number of amides is 1. The van der Waals surface area contributed by atoms with Crippen molar-refractivity contribution in [3.8, 4) is 11.9 Å². The molecule has 4 aromatic rings. The smallest absolute Gasteiger partial charge is 0.293 e. The van der Waals surface area contributed by atoms with Gasteiger partial charge < -0.3 is 5.73 Å². The summed E-state index contributed by atoms with van der Waals surface area (Å²) in [7, 11) is 0. The molecule has 3 N–H and O–H groups in total. The summed E-state index contributed by atoms with van der Waals surface area (Å²) in [6, 6.07) is 16.9. The number of nitrogens with two attached hydrogens (primary N) is 1. The topological polar surface area (TPSA) is 161 Å². The number of nitriles is 1. The van der Waals surface area contributed by atoms with Crippen molar-refractivity contribution in [2.75, 3.05) is 5.73 Å². The molecule has 0 aliphatic carbocycles. The Kier molecular flexibility index (Phi) is 6.65. The summed E-state index contributed by atoms with van der Waals surface area (Å²) in [6.07, 6.45) is 0. The number of aryl methyl sites for hydroxylation is 1. The Morgan fingerprint density at radius 3 is 2.59 bits per heavy atom. The minimum atomic E-state index is -0.547. The largest absolute Gasteiger partial charge is 0.378 e. The van der Waals surface area contributed by atoms with Gasteiger partial charge in [-0.05, 0) is 54.0 Å². The molecule has 0 aliphatic heterocycles. The van der Waals surface area contributed by atoms with Gasteiger partial charge in [-0.15, -0.1) is 16.9 Å². The number of nitrogens with one attached hydrogen (secondary N) is 1. The van der Waals surface area contributed by atoms with Crippen molar-refractivity contribution >= 4 is 29.2 Å². The van der Waals surface area contributed by atoms with E-state index in [0.717, 1.165) is 16.0 Å². The highest BCUT2D eigenvalue weighted by atomic mass is 32.2. The van der Waals surface area contributed by atoms with E-state index in [4.69, 9.17) is 11.0 Å². The maximum absolute atomic E-state index is 12.9. The van der Waals surface area contributed by atoms with Crippen molar-refractivity contribution in [1.82, 2.24) is 30.7 Å². The maximum atomic E-state index is 12.9. The van der Waals surface area contributed by atoms with Crippen LogP contribution in [0.2, 0.25) is 0 Å². The average molecular weight is 474 g/mol. The fourth-order valence-corrected chi connectivity index (χ4v) is 3.83. The first kappa shape index (κ1) is 22.7. The molecular weight excluding hydrogens is 454 g/mol. The number of carbonyl (C=O) groups excluding carboxylic acids is 1. The Morgan fingerprint density at radius 1 is 1.21 bits per heavy atom. The Labute approximate surface area is 198 Å². The number of anilines is 1. The van der Waals surface area contributed by atoms with Crippen molar-refractivity contribution in [1.29, 1.82) is 5.26 Å². The van der Waals surface area contributed by atoms with Gasteiger partial charge in [-0.2, -0.15) is 15.0 Å². The zero-order chi connectivity index (χ0) is 24.1. The third-order valence-electron chi connectivity index (χ3n) is 4.83. The molecule has 34 heavy (non-hydrogen) atoms. The van der Waals surface area contributed by atoms with Crippen LogP contribution in [0.1, 0.15) is 39.8 Å². The molecule has 2 heterocycles. The number of hydrogen-bond acceptors (Lipinski definition) is 10. The van der Waals surface area contributed by atoms with Gasteiger partial charge in [-0.25, -0.2) is 10.1 Å². The molecule has 0 saturated heterocycles. The SMILES string of the molecule is C/C(=N\NC(=O)c1nnn(-c2nonc2N)c1CSc1ccc(C)cc1)c1ccc(C#N)cc1. The quantitative estimate of drug-likeness (QED) is 0.233. The lowest BCUT2D eigenvalue weighted by Gasteiger charge is -2.06. The van der Waals surface area contributed by atoms with Crippen LogP contribution in [0.3, 0.4) is 0 Å². The number of nitrogens with zero attached hydrogens (tertiary/aromatic N) is 7. The molecule has 0 aliphatic rings. The summed E-state index contributed by atoms with van der Waals surface area (Å²) in [5.41, 5.74) is 11.9. The number of hydrazone groups is 1. The van der Waals surface area contributed by atoms with Crippen LogP contribution in [0.5, 0.6) is 0 Å². The number of aromatic nitrogens is 5. The van der Waals surface area contributed by atoms with Crippen molar-refractivity contribution in [2.24, 2.45) is 5.10 Å². The van der Waals surface area contributed by atoms with Gasteiger partial charge in [0.05, 0.1) is 23.0 Å². The Bertz CT molecular complexity index is 1380. The van der Waals surface area contributed by atoms with Crippen LogP contribution in [0.4, 0.5) is 5.82 Å². The highest BCUT2D eigenvalue weighted by Crippen LogP contribution is 2.26. The van der Waals surface area contributed by atoms with E-state index in [1.165, 1.54) is 16.4 Å². The molecule has 1 amide bonds. The molecule has 0 unspecified atom stereocenters. The summed E-state index contributed by atoms with van der Waals surface area (Å²) in [6.45, 7) is 3.76. The Hall–Kier alpha value is -4.50. The molecule has 0 fully saturated rings. The van der Waals surface area contributed by atoms with Crippen LogP contribution in [-0.4, -0.2) is 36.9 Å². The third kappa shape index (κ3) is 4.94. The van der Waals surface area contributed by atoms with E-state index in [9.17, 15) is 4.79 Å². The van der Waals surface area contributed by atoms with E-state index in [-0.39, 0.29) is 17.3 Å². The average Bonchev–Trinajstić information content (AvgIpc) is 3.47. The van der Waals surface area contributed by atoms with Gasteiger partial charge >= 0.3 is 0 Å². The minimum Gasteiger partial charge on any atom is -0.378 e. The van der Waals surface area contributed by atoms with E-state index in [1.807, 2.05) is 31.2 Å². The number of rotatable bonds is 7. The molecule has 0 radical (unpaired) electrons. The number of carbonyl (C=O) groups is 1. The third-order valence-corrected chi connectivity index (χ3v) is 5.85. The number of benzene rings is 2. The first-order valence-electron chi connectivity index (χ1n) is 10.0. The second kappa shape index (κ2) is 9.97. The monoisotopic (exact) mass is 473 g/mol. The van der Waals surface area contributed by atoms with Gasteiger partial charge in [0.15, 0.2) is 5.69 Å². The fourth-order valence-electron chi connectivity index (χ4n) is 2.94. The molecule has 2 aromatic heterocycles. The second-order valence-electron chi connectivity index (χ2n) is 7.20. The molecule has 0 atom stereocenters. The predicted octanol–water partition coefficient (Wildman–Crippen LogP) is 2.86. The normalized spacial score (nSPS) is 11.3. The lowest BCUT2D eigenvalue weighted by molar-refractivity contribution is 0.0949. The van der Waals surface area contributed by atoms with Gasteiger partial charge in [0.1, 0.15) is 0 Å². The molecule has 4 rings (SSSR count). The van der Waals surface area contributed by atoms with Gasteiger partial charge in [0, 0.05) is 10.6 Å². The highest BCUT2D eigenvalue weighted by Gasteiger charge is 2.24.